The molecule has 0 bridgehead atoms. The minimum absolute atomic E-state index is 0.0465. The lowest BCUT2D eigenvalue weighted by Gasteiger charge is -2.17. The van der Waals surface area contributed by atoms with Crippen molar-refractivity contribution in [2.45, 2.75) is 100 Å². The Bertz CT molecular complexity index is 1340. The van der Waals surface area contributed by atoms with Crippen molar-refractivity contribution in [1.82, 2.24) is 4.90 Å². The van der Waals surface area contributed by atoms with Gasteiger partial charge in [0, 0.05) is 23.3 Å². The molecule has 0 saturated carbocycles. The number of rotatable bonds is 22. The van der Waals surface area contributed by atoms with Crippen LogP contribution in [0.25, 0.3) is 6.08 Å². The molecule has 0 fully saturated rings. The third kappa shape index (κ3) is 63.4. The number of hydrogen-bond acceptors (Lipinski definition) is 16. The Balaban J connectivity index is -0.000000118. The number of unbranched alkanes of at least 4 members (excludes halogenated alkanes) is 3. The summed E-state index contributed by atoms with van der Waals surface area (Å²) in [4.78, 5) is 53.7. The van der Waals surface area contributed by atoms with Crippen LogP contribution >= 0.6 is 0 Å². The summed E-state index contributed by atoms with van der Waals surface area (Å²) in [7, 11) is 1.33. The summed E-state index contributed by atoms with van der Waals surface area (Å²) in [6.45, 7) is 34.8. The van der Waals surface area contributed by atoms with Crippen LogP contribution in [0.4, 0.5) is 0 Å². The molecule has 17 heteroatoms. The van der Waals surface area contributed by atoms with Crippen LogP contribution in [-0.4, -0.2) is 139 Å². The molecule has 17 nitrogen and oxygen atoms in total. The number of esters is 4. The quantitative estimate of drug-likeness (QED) is 0.0245. The minimum Gasteiger partial charge on any atom is -0.481 e. The fourth-order valence-corrected chi connectivity index (χ4v) is 3.09. The third-order valence-electron chi connectivity index (χ3n) is 7.35. The van der Waals surface area contributed by atoms with Gasteiger partial charge in [-0.05, 0) is 58.8 Å². The smallest absolute Gasteiger partial charge is 0.333 e. The van der Waals surface area contributed by atoms with Gasteiger partial charge in [0.2, 0.25) is 0 Å². The number of aliphatic carboxylic acids is 1. The van der Waals surface area contributed by atoms with Crippen molar-refractivity contribution in [1.29, 1.82) is 0 Å². The first kappa shape index (κ1) is 74.3. The molecule has 0 atom stereocenters. The van der Waals surface area contributed by atoms with Crippen LogP contribution in [0.3, 0.4) is 0 Å². The molecule has 0 heterocycles. The van der Waals surface area contributed by atoms with E-state index < -0.39 is 36.5 Å². The maximum atomic E-state index is 10.5. The molecule has 0 aromatic heterocycles. The first-order valence-electron chi connectivity index (χ1n) is 21.3. The summed E-state index contributed by atoms with van der Waals surface area (Å²) in [6, 6.07) is 10.0. The van der Waals surface area contributed by atoms with Gasteiger partial charge in [0.15, 0.2) is 0 Å². The lowest BCUT2D eigenvalue weighted by Crippen LogP contribution is -2.35. The molecular formula is C48H87N3O14. The summed E-state index contributed by atoms with van der Waals surface area (Å²) in [5, 5.41) is 41.4. The Hall–Kier alpha value is -5.01. The van der Waals surface area contributed by atoms with Crippen molar-refractivity contribution in [3.8, 4) is 0 Å². The average molecular weight is 930 g/mol. The summed E-state index contributed by atoms with van der Waals surface area (Å²) in [5.74, 6) is -2.82. The Morgan fingerprint density at radius 3 is 1.34 bits per heavy atom. The number of benzene rings is 1. The van der Waals surface area contributed by atoms with Gasteiger partial charge < -0.3 is 60.8 Å². The molecule has 1 rings (SSSR count). The highest BCUT2D eigenvalue weighted by atomic mass is 16.5. The van der Waals surface area contributed by atoms with E-state index >= 15 is 0 Å². The Labute approximate surface area is 390 Å². The molecule has 9 N–H and O–H groups in total. The molecule has 0 aliphatic rings. The van der Waals surface area contributed by atoms with E-state index in [1.165, 1.54) is 64.6 Å². The van der Waals surface area contributed by atoms with Crippen LogP contribution in [0.2, 0.25) is 0 Å². The number of carboxylic acids is 1. The van der Waals surface area contributed by atoms with Crippen LogP contribution in [-0.2, 0) is 42.9 Å². The van der Waals surface area contributed by atoms with Crippen molar-refractivity contribution >= 4 is 35.9 Å². The maximum absolute atomic E-state index is 10.5. The lowest BCUT2D eigenvalue weighted by molar-refractivity contribution is -0.153. The second-order valence-corrected chi connectivity index (χ2v) is 13.3. The third-order valence-corrected chi connectivity index (χ3v) is 7.35. The molecule has 1 aromatic carbocycles. The SMILES string of the molecule is C=C(C)C(=O)OC.C=C(C)C(=O)OCCO.C=CC(=O)OCCCC.C=CC(=O)OCCO.C=Cc1ccccc1.CC(CO)(CO)C(=O)O.CCCCCC(N)N.CCN(CC)CC. The van der Waals surface area contributed by atoms with Gasteiger partial charge >= 0.3 is 29.8 Å². The minimum atomic E-state index is -1.39. The highest BCUT2D eigenvalue weighted by Gasteiger charge is 2.31. The summed E-state index contributed by atoms with van der Waals surface area (Å²) >= 11 is 0. The molecule has 0 spiro atoms. The molecular weight excluding hydrogens is 843 g/mol. The van der Waals surface area contributed by atoms with Crippen LogP contribution in [0.15, 0.2) is 86.5 Å². The first-order chi connectivity index (χ1) is 30.6. The zero-order valence-electron chi connectivity index (χ0n) is 41.1. The molecule has 0 aliphatic carbocycles. The van der Waals surface area contributed by atoms with Gasteiger partial charge in [-0.3, -0.25) is 4.79 Å². The van der Waals surface area contributed by atoms with Gasteiger partial charge in [0.1, 0.15) is 18.6 Å². The second-order valence-electron chi connectivity index (χ2n) is 13.3. The van der Waals surface area contributed by atoms with Crippen LogP contribution in [0.5, 0.6) is 0 Å². The fourth-order valence-electron chi connectivity index (χ4n) is 3.09. The normalized spacial score (nSPS) is 9.25. The number of carbonyl (C=O) groups excluding carboxylic acids is 4. The number of nitrogens with two attached hydrogens (primary N) is 2. The zero-order valence-corrected chi connectivity index (χ0v) is 41.1. The summed E-state index contributed by atoms with van der Waals surface area (Å²) < 4.78 is 17.7. The van der Waals surface area contributed by atoms with Crippen molar-refractivity contribution in [2.75, 3.05) is 73.0 Å². The van der Waals surface area contributed by atoms with Gasteiger partial charge in [0.05, 0.1) is 46.3 Å². The van der Waals surface area contributed by atoms with Gasteiger partial charge in [-0.25, -0.2) is 19.2 Å². The fraction of sp³-hybridized carbons (Fsp3) is 0.562. The van der Waals surface area contributed by atoms with Crippen molar-refractivity contribution in [3.63, 3.8) is 0 Å². The average Bonchev–Trinajstić information content (AvgIpc) is 3.31. The van der Waals surface area contributed by atoms with Crippen LogP contribution in [0.1, 0.15) is 99.5 Å². The maximum Gasteiger partial charge on any atom is 0.333 e. The number of hydrogen-bond donors (Lipinski definition) is 7. The van der Waals surface area contributed by atoms with Crippen LogP contribution < -0.4 is 11.5 Å². The van der Waals surface area contributed by atoms with Crippen LogP contribution in [0, 0.1) is 5.41 Å². The van der Waals surface area contributed by atoms with Crippen molar-refractivity contribution < 1.29 is 68.5 Å². The van der Waals surface area contributed by atoms with E-state index in [1.807, 2.05) is 43.3 Å². The van der Waals surface area contributed by atoms with Gasteiger partial charge in [-0.2, -0.15) is 0 Å². The highest BCUT2D eigenvalue weighted by Crippen LogP contribution is 2.13. The number of carbonyl (C=O) groups is 5. The predicted octanol–water partition coefficient (Wildman–Crippen LogP) is 5.61. The van der Waals surface area contributed by atoms with E-state index in [0.717, 1.165) is 25.3 Å². The number of aliphatic hydroxyl groups excluding tert-OH is 4. The van der Waals surface area contributed by atoms with Gasteiger partial charge in [-0.15, -0.1) is 0 Å². The van der Waals surface area contributed by atoms with Gasteiger partial charge in [0.25, 0.3) is 0 Å². The van der Waals surface area contributed by atoms with E-state index in [4.69, 9.17) is 37.0 Å². The number of carboxylic acid groups (broad SMARTS) is 1. The zero-order chi connectivity index (χ0) is 52.1. The highest BCUT2D eigenvalue weighted by molar-refractivity contribution is 5.87. The molecule has 378 valence electrons. The summed E-state index contributed by atoms with van der Waals surface area (Å²) in [5.41, 5.74) is 11.2. The predicted molar refractivity (Wildman–Crippen MR) is 260 cm³/mol. The number of aliphatic hydroxyl groups is 4. The molecule has 0 saturated heterocycles. The Morgan fingerprint density at radius 1 is 0.692 bits per heavy atom. The van der Waals surface area contributed by atoms with E-state index in [0.29, 0.717) is 17.8 Å². The Morgan fingerprint density at radius 2 is 1.11 bits per heavy atom. The Kier molecular flexibility index (Phi) is 65.2. The van der Waals surface area contributed by atoms with E-state index in [-0.39, 0.29) is 44.5 Å². The number of methoxy groups -OCH3 is 1. The molecule has 1 aromatic rings. The standard InChI is InChI=1S/C8H8.C7H12O2.C6H16N2.C6H15N.C6H10O3.C5H10O4.C5H8O3.C5H8O2/c1-2-8-6-4-3-5-7-8;1-3-5-6-9-7(8)4-2;1-2-3-4-5-6(7)8;1-4-7(5-2)6-3;1-5(2)6(8)9-4-3-7;1-5(2-6,3-7)4(8)9;1-2-5(7)8-4-3-6;1-4(2)5(6)7-3/h2-7H,1H2;4H,2-3,5-6H2,1H3;6H,2-5,7-8H2,1H3;4-6H2,1-3H3;7H,1,3-4H2,2H3;6-7H,2-3H2,1H3,(H,8,9);2,6H,1,3-4H2;1H2,2-3H3. The number of nitrogens with zero attached hydrogens (tertiary/aromatic N) is 1. The summed E-state index contributed by atoms with van der Waals surface area (Å²) in [6.07, 6.45) is 10.6. The first-order valence-corrected chi connectivity index (χ1v) is 21.3. The van der Waals surface area contributed by atoms with Gasteiger partial charge in [-0.1, -0.05) is 130 Å². The largest absolute Gasteiger partial charge is 0.481 e. The molecule has 65 heavy (non-hydrogen) atoms. The molecule has 0 radical (unpaired) electrons. The van der Waals surface area contributed by atoms with E-state index in [1.54, 1.807) is 13.8 Å². The monoisotopic (exact) mass is 930 g/mol. The van der Waals surface area contributed by atoms with E-state index in [9.17, 15) is 24.0 Å². The van der Waals surface area contributed by atoms with Crippen molar-refractivity contribution in [2.24, 2.45) is 16.9 Å². The molecule has 0 amide bonds. The topological polar surface area (TPSA) is 279 Å². The second kappa shape index (κ2) is 57.0. The van der Waals surface area contributed by atoms with Crippen molar-refractivity contribution in [3.05, 3.63) is 92.1 Å². The number of ether oxygens (including phenoxy) is 4. The lowest BCUT2D eigenvalue weighted by atomic mass is 9.94. The molecule has 0 unspecified atom stereocenters. The molecule has 0 aliphatic heterocycles. The van der Waals surface area contributed by atoms with E-state index in [2.05, 4.69) is 84.4 Å².